The van der Waals surface area contributed by atoms with Crippen LogP contribution < -0.4 is 4.74 Å². The fourth-order valence-electron chi connectivity index (χ4n) is 0.879. The lowest BCUT2D eigenvalue weighted by Crippen LogP contribution is -1.96. The van der Waals surface area contributed by atoms with Gasteiger partial charge in [0.25, 0.3) is 6.43 Å². The molecule has 14 heavy (non-hydrogen) atoms. The maximum Gasteiger partial charge on any atom is 0.280 e. The first-order valence-corrected chi connectivity index (χ1v) is 3.56. The van der Waals surface area contributed by atoms with E-state index in [0.717, 1.165) is 6.07 Å². The van der Waals surface area contributed by atoms with Gasteiger partial charge in [-0.05, 0) is 0 Å². The molecule has 0 spiro atoms. The van der Waals surface area contributed by atoms with Crippen LogP contribution in [0, 0.1) is 11.3 Å². The Hall–Kier alpha value is -1.90. The average molecular weight is 200 g/mol. The molecule has 0 unspecified atom stereocenters. The van der Waals surface area contributed by atoms with Gasteiger partial charge in [0, 0.05) is 6.07 Å². The monoisotopic (exact) mass is 200 g/mol. The van der Waals surface area contributed by atoms with Gasteiger partial charge in [0.1, 0.15) is 11.8 Å². The second-order valence-electron chi connectivity index (χ2n) is 2.36. The second-order valence-corrected chi connectivity index (χ2v) is 2.36. The maximum absolute atomic E-state index is 12.2. The number of aromatic hydroxyl groups is 1. The second kappa shape index (κ2) is 3.87. The van der Waals surface area contributed by atoms with Gasteiger partial charge >= 0.3 is 0 Å². The Morgan fingerprint density at radius 2 is 2.29 bits per heavy atom. The molecular formula is C8H6F2N2O2. The SMILES string of the molecule is COc1cc(C(F)F)nc(C#N)c1O. The molecule has 0 aliphatic rings. The minimum atomic E-state index is -2.81. The van der Waals surface area contributed by atoms with E-state index in [1.165, 1.54) is 13.2 Å². The Morgan fingerprint density at radius 1 is 1.64 bits per heavy atom. The summed E-state index contributed by atoms with van der Waals surface area (Å²) in [6.07, 6.45) is -2.81. The molecule has 0 aromatic carbocycles. The number of nitriles is 1. The summed E-state index contributed by atoms with van der Waals surface area (Å²) in [4.78, 5) is 3.26. The van der Waals surface area contributed by atoms with Crippen LogP contribution in [0.4, 0.5) is 8.78 Å². The van der Waals surface area contributed by atoms with Gasteiger partial charge in [-0.15, -0.1) is 0 Å². The molecule has 1 N–H and O–H groups in total. The first kappa shape index (κ1) is 10.2. The molecule has 0 amide bonds. The first-order valence-electron chi connectivity index (χ1n) is 3.56. The van der Waals surface area contributed by atoms with E-state index in [4.69, 9.17) is 5.26 Å². The number of rotatable bonds is 2. The summed E-state index contributed by atoms with van der Waals surface area (Å²) in [5.74, 6) is -0.716. The predicted molar refractivity (Wildman–Crippen MR) is 42.1 cm³/mol. The van der Waals surface area contributed by atoms with E-state index in [-0.39, 0.29) is 5.75 Å². The zero-order valence-corrected chi connectivity index (χ0v) is 7.16. The molecule has 1 rings (SSSR count). The summed E-state index contributed by atoms with van der Waals surface area (Å²) >= 11 is 0. The number of hydrogen-bond acceptors (Lipinski definition) is 4. The number of hydrogen-bond donors (Lipinski definition) is 1. The summed E-state index contributed by atoms with van der Waals surface area (Å²) in [5, 5.41) is 17.7. The lowest BCUT2D eigenvalue weighted by molar-refractivity contribution is 0.145. The van der Waals surface area contributed by atoms with Gasteiger partial charge < -0.3 is 9.84 Å². The molecule has 1 aromatic heterocycles. The van der Waals surface area contributed by atoms with Crippen molar-refractivity contribution >= 4 is 0 Å². The van der Waals surface area contributed by atoms with E-state index in [0.29, 0.717) is 0 Å². The molecule has 74 valence electrons. The third kappa shape index (κ3) is 1.71. The quantitative estimate of drug-likeness (QED) is 0.787. The van der Waals surface area contributed by atoms with Gasteiger partial charge in [0.05, 0.1) is 7.11 Å². The third-order valence-electron chi connectivity index (χ3n) is 1.53. The molecule has 0 aliphatic carbocycles. The Labute approximate surface area is 78.4 Å². The number of methoxy groups -OCH3 is 1. The number of pyridine rings is 1. The maximum atomic E-state index is 12.2. The highest BCUT2D eigenvalue weighted by Crippen LogP contribution is 2.31. The van der Waals surface area contributed by atoms with E-state index < -0.39 is 23.6 Å². The number of nitrogens with zero attached hydrogens (tertiary/aromatic N) is 2. The Morgan fingerprint density at radius 3 is 2.71 bits per heavy atom. The number of halogens is 2. The van der Waals surface area contributed by atoms with Crippen LogP contribution in [0.15, 0.2) is 6.07 Å². The van der Waals surface area contributed by atoms with Crippen molar-refractivity contribution < 1.29 is 18.6 Å². The molecule has 0 fully saturated rings. The molecule has 0 aliphatic heterocycles. The fourth-order valence-corrected chi connectivity index (χ4v) is 0.879. The summed E-state index contributed by atoms with van der Waals surface area (Å²) in [7, 11) is 1.20. The van der Waals surface area contributed by atoms with Crippen LogP contribution in [0.1, 0.15) is 17.8 Å². The Balaban J connectivity index is 3.34. The van der Waals surface area contributed by atoms with Crippen molar-refractivity contribution in [3.8, 4) is 17.6 Å². The number of aromatic nitrogens is 1. The summed E-state index contributed by atoms with van der Waals surface area (Å²) in [5.41, 5.74) is -1.07. The van der Waals surface area contributed by atoms with Crippen molar-refractivity contribution in [3.63, 3.8) is 0 Å². The minimum absolute atomic E-state index is 0.188. The molecule has 0 radical (unpaired) electrons. The van der Waals surface area contributed by atoms with Crippen molar-refractivity contribution in [1.29, 1.82) is 5.26 Å². The zero-order valence-electron chi connectivity index (χ0n) is 7.16. The van der Waals surface area contributed by atoms with Crippen molar-refractivity contribution in [1.82, 2.24) is 4.98 Å². The van der Waals surface area contributed by atoms with Crippen LogP contribution in [0.25, 0.3) is 0 Å². The van der Waals surface area contributed by atoms with Crippen LogP contribution in [0.3, 0.4) is 0 Å². The van der Waals surface area contributed by atoms with Gasteiger partial charge in [0.15, 0.2) is 17.2 Å². The number of alkyl halides is 2. The van der Waals surface area contributed by atoms with Crippen LogP contribution >= 0.6 is 0 Å². The predicted octanol–water partition coefficient (Wildman–Crippen LogP) is 1.61. The highest BCUT2D eigenvalue weighted by Gasteiger charge is 2.17. The largest absolute Gasteiger partial charge is 0.502 e. The molecule has 6 heteroatoms. The van der Waals surface area contributed by atoms with Gasteiger partial charge in [0.2, 0.25) is 0 Å². The smallest absolute Gasteiger partial charge is 0.280 e. The van der Waals surface area contributed by atoms with E-state index in [2.05, 4.69) is 9.72 Å². The zero-order chi connectivity index (χ0) is 10.7. The van der Waals surface area contributed by atoms with Crippen molar-refractivity contribution in [3.05, 3.63) is 17.5 Å². The topological polar surface area (TPSA) is 66.1 Å². The van der Waals surface area contributed by atoms with E-state index >= 15 is 0 Å². The third-order valence-corrected chi connectivity index (χ3v) is 1.53. The van der Waals surface area contributed by atoms with Gasteiger partial charge in [-0.3, -0.25) is 0 Å². The molecule has 0 saturated carbocycles. The van der Waals surface area contributed by atoms with Crippen molar-refractivity contribution in [2.75, 3.05) is 7.11 Å². The Bertz CT molecular complexity index is 388. The molecule has 1 aromatic rings. The van der Waals surface area contributed by atoms with Crippen molar-refractivity contribution in [2.45, 2.75) is 6.43 Å². The van der Waals surface area contributed by atoms with Crippen LogP contribution in [0.5, 0.6) is 11.5 Å². The molecular weight excluding hydrogens is 194 g/mol. The van der Waals surface area contributed by atoms with Crippen molar-refractivity contribution in [2.24, 2.45) is 0 Å². The molecule has 0 bridgehead atoms. The standard InChI is InChI=1S/C8H6F2N2O2/c1-14-6-2-4(8(9)10)12-5(3-11)7(6)13/h2,8,13H,1H3. The van der Waals surface area contributed by atoms with E-state index in [9.17, 15) is 13.9 Å². The van der Waals surface area contributed by atoms with Crippen LogP contribution in [-0.2, 0) is 0 Å². The molecule has 4 nitrogen and oxygen atoms in total. The lowest BCUT2D eigenvalue weighted by atomic mass is 10.2. The van der Waals surface area contributed by atoms with Gasteiger partial charge in [-0.2, -0.15) is 5.26 Å². The number of ether oxygens (including phenoxy) is 1. The normalized spacial score (nSPS) is 9.93. The van der Waals surface area contributed by atoms with E-state index in [1.54, 1.807) is 0 Å². The first-order chi connectivity index (χ1) is 6.60. The highest BCUT2D eigenvalue weighted by atomic mass is 19.3. The van der Waals surface area contributed by atoms with E-state index in [1.807, 2.05) is 0 Å². The molecule has 1 heterocycles. The highest BCUT2D eigenvalue weighted by molar-refractivity contribution is 5.48. The summed E-state index contributed by atoms with van der Waals surface area (Å²) in [6.45, 7) is 0. The van der Waals surface area contributed by atoms with Crippen LogP contribution in [-0.4, -0.2) is 17.2 Å². The molecule has 0 atom stereocenters. The van der Waals surface area contributed by atoms with Gasteiger partial charge in [-0.25, -0.2) is 13.8 Å². The minimum Gasteiger partial charge on any atom is -0.502 e. The Kier molecular flexibility index (Phi) is 2.82. The van der Waals surface area contributed by atoms with Gasteiger partial charge in [-0.1, -0.05) is 0 Å². The molecule has 0 saturated heterocycles. The lowest BCUT2D eigenvalue weighted by Gasteiger charge is -2.06. The summed E-state index contributed by atoms with van der Waals surface area (Å²) < 4.78 is 29.0. The fraction of sp³-hybridized carbons (Fsp3) is 0.250. The summed E-state index contributed by atoms with van der Waals surface area (Å²) in [6, 6.07) is 2.38. The van der Waals surface area contributed by atoms with Crippen LogP contribution in [0.2, 0.25) is 0 Å². The average Bonchev–Trinajstić information content (AvgIpc) is 2.17.